The molecule has 3 rings (SSSR count). The number of carbonyl (C=O) groups is 2. The van der Waals surface area contributed by atoms with Crippen LogP contribution in [0.1, 0.15) is 62.2 Å². The smallest absolute Gasteiger partial charge is 0.237 e. The minimum absolute atomic E-state index is 0.0443. The van der Waals surface area contributed by atoms with Crippen LogP contribution in [-0.4, -0.2) is 41.8 Å². The molecule has 1 aromatic rings. The zero-order valence-electron chi connectivity index (χ0n) is 15.8. The molecule has 2 fully saturated rings. The first kappa shape index (κ1) is 19.9. The second-order valence-corrected chi connectivity index (χ2v) is 7.82. The molecule has 1 aromatic carbocycles. The van der Waals surface area contributed by atoms with Gasteiger partial charge in [0.25, 0.3) is 0 Å². The number of rotatable bonds is 5. The molecule has 6 heteroatoms. The zero-order valence-corrected chi connectivity index (χ0v) is 15.8. The van der Waals surface area contributed by atoms with Crippen molar-refractivity contribution in [3.8, 4) is 0 Å². The van der Waals surface area contributed by atoms with Gasteiger partial charge in [0.2, 0.25) is 5.91 Å². The lowest BCUT2D eigenvalue weighted by Gasteiger charge is -2.35. The van der Waals surface area contributed by atoms with Crippen molar-refractivity contribution >= 4 is 11.7 Å². The lowest BCUT2D eigenvalue weighted by molar-refractivity contribution is -0.127. The van der Waals surface area contributed by atoms with E-state index in [-0.39, 0.29) is 35.3 Å². The monoisotopic (exact) mass is 378 g/mol. The fourth-order valence-corrected chi connectivity index (χ4v) is 4.19. The fourth-order valence-electron chi connectivity index (χ4n) is 4.19. The minimum atomic E-state index is -0.677. The normalized spacial score (nSPS) is 21.0. The van der Waals surface area contributed by atoms with Crippen LogP contribution in [-0.2, 0) is 4.79 Å². The van der Waals surface area contributed by atoms with Crippen LogP contribution in [0, 0.1) is 17.6 Å². The van der Waals surface area contributed by atoms with Crippen molar-refractivity contribution in [1.29, 1.82) is 0 Å². The molecule has 0 radical (unpaired) electrons. The Labute approximate surface area is 159 Å². The third kappa shape index (κ3) is 4.92. The van der Waals surface area contributed by atoms with Crippen LogP contribution in [0.4, 0.5) is 8.78 Å². The summed E-state index contributed by atoms with van der Waals surface area (Å²) in [6.45, 7) is 3.10. The Morgan fingerprint density at radius 3 is 2.41 bits per heavy atom. The highest BCUT2D eigenvalue weighted by molar-refractivity contribution is 5.98. The number of benzene rings is 1. The summed E-state index contributed by atoms with van der Waals surface area (Å²) in [5, 5.41) is 3.15. The van der Waals surface area contributed by atoms with Crippen LogP contribution >= 0.6 is 0 Å². The second kappa shape index (κ2) is 8.91. The van der Waals surface area contributed by atoms with E-state index in [0.29, 0.717) is 25.9 Å². The Hall–Kier alpha value is -1.82. The first-order valence-electron chi connectivity index (χ1n) is 9.99. The van der Waals surface area contributed by atoms with Gasteiger partial charge >= 0.3 is 0 Å². The topological polar surface area (TPSA) is 49.4 Å². The summed E-state index contributed by atoms with van der Waals surface area (Å²) in [6, 6.07) is 3.03. The molecule has 1 saturated carbocycles. The second-order valence-electron chi connectivity index (χ2n) is 7.82. The van der Waals surface area contributed by atoms with Gasteiger partial charge in [0.1, 0.15) is 11.6 Å². The molecular formula is C21H28F2N2O2. The van der Waals surface area contributed by atoms with Gasteiger partial charge in [0.05, 0.1) is 11.6 Å². The summed E-state index contributed by atoms with van der Waals surface area (Å²) >= 11 is 0. The van der Waals surface area contributed by atoms with Crippen molar-refractivity contribution in [2.24, 2.45) is 5.92 Å². The van der Waals surface area contributed by atoms with Crippen molar-refractivity contribution in [3.05, 3.63) is 35.4 Å². The van der Waals surface area contributed by atoms with E-state index in [0.717, 1.165) is 31.0 Å². The molecule has 1 aliphatic heterocycles. The number of nitrogens with zero attached hydrogens (tertiary/aromatic N) is 1. The Balaban J connectivity index is 1.52. The molecule has 1 heterocycles. The maximum absolute atomic E-state index is 13.9. The fraction of sp³-hybridized carbons (Fsp3) is 0.619. The van der Waals surface area contributed by atoms with Gasteiger partial charge in [-0.1, -0.05) is 19.3 Å². The third-order valence-electron chi connectivity index (χ3n) is 5.97. The number of piperidine rings is 1. The maximum atomic E-state index is 13.9. The van der Waals surface area contributed by atoms with Crippen LogP contribution < -0.4 is 5.32 Å². The van der Waals surface area contributed by atoms with E-state index in [1.165, 1.54) is 19.3 Å². The lowest BCUT2D eigenvalue weighted by Crippen LogP contribution is -2.51. The summed E-state index contributed by atoms with van der Waals surface area (Å²) in [4.78, 5) is 27.1. The molecule has 0 spiro atoms. The van der Waals surface area contributed by atoms with E-state index in [1.807, 2.05) is 6.92 Å². The summed E-state index contributed by atoms with van der Waals surface area (Å²) in [6.07, 6.45) is 6.79. The van der Waals surface area contributed by atoms with Gasteiger partial charge in [-0.25, -0.2) is 8.78 Å². The molecule has 2 aliphatic rings. The molecule has 1 N–H and O–H groups in total. The molecule has 1 amide bonds. The van der Waals surface area contributed by atoms with Gasteiger partial charge in [0, 0.05) is 12.0 Å². The van der Waals surface area contributed by atoms with Gasteiger partial charge in [0.15, 0.2) is 5.78 Å². The number of amides is 1. The van der Waals surface area contributed by atoms with Crippen molar-refractivity contribution in [2.75, 3.05) is 13.1 Å². The van der Waals surface area contributed by atoms with Gasteiger partial charge in [-0.2, -0.15) is 0 Å². The maximum Gasteiger partial charge on any atom is 0.237 e. The number of hydrogen-bond donors (Lipinski definition) is 1. The van der Waals surface area contributed by atoms with Crippen LogP contribution in [0.3, 0.4) is 0 Å². The highest BCUT2D eigenvalue weighted by Crippen LogP contribution is 2.25. The summed E-state index contributed by atoms with van der Waals surface area (Å²) in [5.74, 6) is -1.91. The first-order valence-corrected chi connectivity index (χ1v) is 9.99. The Morgan fingerprint density at radius 2 is 1.74 bits per heavy atom. The van der Waals surface area contributed by atoms with Crippen molar-refractivity contribution < 1.29 is 18.4 Å². The van der Waals surface area contributed by atoms with Gasteiger partial charge < -0.3 is 5.32 Å². The van der Waals surface area contributed by atoms with E-state index in [1.54, 1.807) is 0 Å². The van der Waals surface area contributed by atoms with E-state index in [4.69, 9.17) is 0 Å². The molecule has 0 bridgehead atoms. The molecule has 1 unspecified atom stereocenters. The standard InChI is InChI=1S/C21H28F2N2O2/c1-14(21(27)24-17-5-3-2-4-6-17)25-11-9-15(10-12-25)20(26)18-13-16(22)7-8-19(18)23/h7-8,13-15,17H,2-6,9-12H2,1H3,(H,24,27). The van der Waals surface area contributed by atoms with Crippen LogP contribution in [0.25, 0.3) is 0 Å². The summed E-state index contributed by atoms with van der Waals surface area (Å²) < 4.78 is 27.2. The Morgan fingerprint density at radius 1 is 1.07 bits per heavy atom. The molecular weight excluding hydrogens is 350 g/mol. The Bertz CT molecular complexity index is 681. The van der Waals surface area contributed by atoms with Gasteiger partial charge in [-0.05, 0) is 63.9 Å². The predicted octanol–water partition coefficient (Wildman–Crippen LogP) is 3.70. The first-order chi connectivity index (χ1) is 13.0. The quantitative estimate of drug-likeness (QED) is 0.795. The molecule has 1 aliphatic carbocycles. The molecule has 1 saturated heterocycles. The highest BCUT2D eigenvalue weighted by atomic mass is 19.1. The van der Waals surface area contributed by atoms with Crippen molar-refractivity contribution in [3.63, 3.8) is 0 Å². The van der Waals surface area contributed by atoms with E-state index >= 15 is 0 Å². The number of nitrogens with one attached hydrogen (secondary N) is 1. The third-order valence-corrected chi connectivity index (χ3v) is 5.97. The SMILES string of the molecule is CC(C(=O)NC1CCCCC1)N1CCC(C(=O)c2cc(F)ccc2F)CC1. The zero-order chi connectivity index (χ0) is 19.4. The summed E-state index contributed by atoms with van der Waals surface area (Å²) in [5.41, 5.74) is -0.170. The predicted molar refractivity (Wildman–Crippen MR) is 99.5 cm³/mol. The van der Waals surface area contributed by atoms with Gasteiger partial charge in [-0.15, -0.1) is 0 Å². The number of likely N-dealkylation sites (tertiary alicyclic amines) is 1. The molecule has 4 nitrogen and oxygen atoms in total. The molecule has 148 valence electrons. The lowest BCUT2D eigenvalue weighted by atomic mass is 9.88. The average molecular weight is 378 g/mol. The number of Topliss-reactive ketones (excluding diaryl/α,β-unsaturated/α-hetero) is 1. The molecule has 1 atom stereocenters. The van der Waals surface area contributed by atoms with E-state index < -0.39 is 11.6 Å². The number of hydrogen-bond acceptors (Lipinski definition) is 3. The van der Waals surface area contributed by atoms with Crippen molar-refractivity contribution in [2.45, 2.75) is 64.0 Å². The summed E-state index contributed by atoms with van der Waals surface area (Å²) in [7, 11) is 0. The minimum Gasteiger partial charge on any atom is -0.352 e. The number of halogens is 2. The molecule has 0 aromatic heterocycles. The average Bonchev–Trinajstić information content (AvgIpc) is 2.69. The van der Waals surface area contributed by atoms with Crippen LogP contribution in [0.2, 0.25) is 0 Å². The number of ketones is 1. The van der Waals surface area contributed by atoms with Gasteiger partial charge in [-0.3, -0.25) is 14.5 Å². The molecule has 27 heavy (non-hydrogen) atoms. The van der Waals surface area contributed by atoms with Crippen LogP contribution in [0.5, 0.6) is 0 Å². The Kier molecular flexibility index (Phi) is 6.58. The van der Waals surface area contributed by atoms with E-state index in [9.17, 15) is 18.4 Å². The van der Waals surface area contributed by atoms with E-state index in [2.05, 4.69) is 10.2 Å². The van der Waals surface area contributed by atoms with Crippen molar-refractivity contribution in [1.82, 2.24) is 10.2 Å². The number of carbonyl (C=O) groups excluding carboxylic acids is 2. The largest absolute Gasteiger partial charge is 0.352 e. The van der Waals surface area contributed by atoms with Crippen LogP contribution in [0.15, 0.2) is 18.2 Å². The highest BCUT2D eigenvalue weighted by Gasteiger charge is 2.32.